The van der Waals surface area contributed by atoms with Crippen molar-refractivity contribution >= 4 is 56.1 Å². The number of amides is 1. The number of rotatable bonds is 6. The Balaban J connectivity index is 1.18. The predicted octanol–water partition coefficient (Wildman–Crippen LogP) is 5.24. The van der Waals surface area contributed by atoms with Gasteiger partial charge in [-0.2, -0.15) is 4.98 Å². The van der Waals surface area contributed by atoms with E-state index in [4.69, 9.17) is 9.40 Å². The molecule has 4 aromatic heterocycles. The molecule has 1 aliphatic heterocycles. The first-order valence-corrected chi connectivity index (χ1v) is 15.3. The monoisotopic (exact) mass is 583 g/mol. The quantitative estimate of drug-likeness (QED) is 0.280. The van der Waals surface area contributed by atoms with Crippen LogP contribution in [0, 0.1) is 0 Å². The van der Waals surface area contributed by atoms with Gasteiger partial charge in [0.25, 0.3) is 5.91 Å². The standard InChI is InChI=1S/C31H33N7O3S/c1-36(2)30(40)24-15-20-17-33-31(35-29(20)38(24)22-5-3-4-6-22)34-21-9-7-19(8-10-21)23-18-42-28-25(39)16-26(41-27(23)28)37-13-11-32-12-14-37/h7-10,15-18,22,32H,3-6,11-14H2,1-2H3,(H,33,34,35). The number of nitrogens with one attached hydrogen (secondary N) is 2. The summed E-state index contributed by atoms with van der Waals surface area (Å²) >= 11 is 1.41. The van der Waals surface area contributed by atoms with E-state index in [0.29, 0.717) is 27.8 Å². The minimum atomic E-state index is -0.0261. The first-order valence-electron chi connectivity index (χ1n) is 14.4. The van der Waals surface area contributed by atoms with Crippen molar-refractivity contribution in [3.63, 3.8) is 0 Å². The zero-order chi connectivity index (χ0) is 28.8. The second-order valence-corrected chi connectivity index (χ2v) is 12.1. The topological polar surface area (TPSA) is 109 Å². The van der Waals surface area contributed by atoms with E-state index in [1.807, 2.05) is 35.7 Å². The summed E-state index contributed by atoms with van der Waals surface area (Å²) < 4.78 is 9.05. The summed E-state index contributed by atoms with van der Waals surface area (Å²) in [5, 5.41) is 9.51. The molecule has 2 N–H and O–H groups in total. The summed E-state index contributed by atoms with van der Waals surface area (Å²) in [4.78, 5) is 39.0. The summed E-state index contributed by atoms with van der Waals surface area (Å²) in [6, 6.07) is 11.7. The highest BCUT2D eigenvalue weighted by Gasteiger charge is 2.26. The molecule has 5 aromatic rings. The molecule has 0 radical (unpaired) electrons. The van der Waals surface area contributed by atoms with Gasteiger partial charge in [-0.3, -0.25) is 9.59 Å². The van der Waals surface area contributed by atoms with Gasteiger partial charge >= 0.3 is 0 Å². The number of benzene rings is 1. The molecule has 0 unspecified atom stereocenters. The van der Waals surface area contributed by atoms with Crippen molar-refractivity contribution in [2.24, 2.45) is 0 Å². The van der Waals surface area contributed by atoms with Crippen LogP contribution in [-0.2, 0) is 0 Å². The van der Waals surface area contributed by atoms with Crippen molar-refractivity contribution in [3.8, 4) is 11.1 Å². The maximum Gasteiger partial charge on any atom is 0.270 e. The normalized spacial score (nSPS) is 16.0. The molecule has 2 aliphatic rings. The number of thiophene rings is 1. The van der Waals surface area contributed by atoms with E-state index in [1.54, 1.807) is 31.3 Å². The van der Waals surface area contributed by atoms with E-state index in [0.717, 1.165) is 79.7 Å². The van der Waals surface area contributed by atoms with Crippen molar-refractivity contribution in [2.75, 3.05) is 50.5 Å². The van der Waals surface area contributed by atoms with E-state index in [-0.39, 0.29) is 17.4 Å². The Kier molecular flexibility index (Phi) is 6.91. The van der Waals surface area contributed by atoms with E-state index >= 15 is 0 Å². The fourth-order valence-electron chi connectivity index (χ4n) is 6.03. The highest BCUT2D eigenvalue weighted by Crippen LogP contribution is 2.36. The first-order chi connectivity index (χ1) is 20.5. The minimum Gasteiger partial charge on any atom is -0.439 e. The Labute approximate surface area is 247 Å². The van der Waals surface area contributed by atoms with Crippen molar-refractivity contribution in [2.45, 2.75) is 31.7 Å². The molecule has 0 spiro atoms. The number of carbonyl (C=O) groups is 1. The van der Waals surface area contributed by atoms with Crippen LogP contribution in [0.4, 0.5) is 17.5 Å². The van der Waals surface area contributed by atoms with Crippen molar-refractivity contribution in [1.29, 1.82) is 0 Å². The molecule has 2 fully saturated rings. The van der Waals surface area contributed by atoms with E-state index < -0.39 is 0 Å². The van der Waals surface area contributed by atoms with Gasteiger partial charge in [-0.25, -0.2) is 4.98 Å². The Bertz CT molecular complexity index is 1830. The molecule has 1 saturated carbocycles. The van der Waals surface area contributed by atoms with Crippen LogP contribution < -0.4 is 21.0 Å². The van der Waals surface area contributed by atoms with Gasteiger partial charge in [-0.15, -0.1) is 11.3 Å². The van der Waals surface area contributed by atoms with Gasteiger partial charge in [0.1, 0.15) is 16.0 Å². The largest absolute Gasteiger partial charge is 0.439 e. The van der Waals surface area contributed by atoms with Crippen LogP contribution in [0.1, 0.15) is 42.2 Å². The lowest BCUT2D eigenvalue weighted by Gasteiger charge is -2.27. The summed E-state index contributed by atoms with van der Waals surface area (Å²) in [6.07, 6.45) is 6.18. The molecule has 1 aliphatic carbocycles. The molecule has 1 aromatic carbocycles. The molecule has 5 heterocycles. The van der Waals surface area contributed by atoms with Crippen molar-refractivity contribution in [3.05, 3.63) is 63.9 Å². The number of piperazine rings is 1. The zero-order valence-electron chi connectivity index (χ0n) is 23.7. The molecule has 216 valence electrons. The first kappa shape index (κ1) is 26.7. The third-order valence-electron chi connectivity index (χ3n) is 8.20. The number of nitrogens with zero attached hydrogens (tertiary/aromatic N) is 5. The Hall–Kier alpha value is -4.22. The van der Waals surface area contributed by atoms with E-state index in [2.05, 4.69) is 25.1 Å². The van der Waals surface area contributed by atoms with Gasteiger partial charge in [0.2, 0.25) is 11.4 Å². The van der Waals surface area contributed by atoms with Crippen LogP contribution in [-0.4, -0.2) is 65.6 Å². The van der Waals surface area contributed by atoms with Crippen molar-refractivity contribution < 1.29 is 9.21 Å². The highest BCUT2D eigenvalue weighted by atomic mass is 32.1. The number of carbonyl (C=O) groups excluding carboxylic acids is 1. The molecular formula is C31H33N7O3S. The van der Waals surface area contributed by atoms with Crippen LogP contribution in [0.3, 0.4) is 0 Å². The zero-order valence-corrected chi connectivity index (χ0v) is 24.5. The molecule has 42 heavy (non-hydrogen) atoms. The Morgan fingerprint density at radius 3 is 2.62 bits per heavy atom. The second-order valence-electron chi connectivity index (χ2n) is 11.2. The maximum absolute atomic E-state index is 13.0. The van der Waals surface area contributed by atoms with Gasteiger partial charge in [-0.05, 0) is 36.6 Å². The number of hydrogen-bond donors (Lipinski definition) is 2. The van der Waals surface area contributed by atoms with E-state index in [1.165, 1.54) is 11.3 Å². The smallest absolute Gasteiger partial charge is 0.270 e. The molecule has 1 amide bonds. The third kappa shape index (κ3) is 4.82. The lowest BCUT2D eigenvalue weighted by molar-refractivity contribution is 0.0815. The number of fused-ring (bicyclic) bond motifs is 2. The lowest BCUT2D eigenvalue weighted by atomic mass is 10.1. The van der Waals surface area contributed by atoms with Crippen molar-refractivity contribution in [1.82, 2.24) is 24.8 Å². The number of anilines is 3. The second kappa shape index (κ2) is 10.9. The van der Waals surface area contributed by atoms with E-state index in [9.17, 15) is 9.59 Å². The minimum absolute atomic E-state index is 0.00958. The van der Waals surface area contributed by atoms with Crippen LogP contribution in [0.25, 0.3) is 32.4 Å². The molecule has 1 saturated heterocycles. The average molecular weight is 584 g/mol. The summed E-state index contributed by atoms with van der Waals surface area (Å²) in [6.45, 7) is 3.35. The van der Waals surface area contributed by atoms with Crippen LogP contribution in [0.5, 0.6) is 0 Å². The number of aromatic nitrogens is 3. The molecule has 0 bridgehead atoms. The van der Waals surface area contributed by atoms with Gasteiger partial charge < -0.3 is 29.4 Å². The third-order valence-corrected chi connectivity index (χ3v) is 9.18. The average Bonchev–Trinajstić information content (AvgIpc) is 3.76. The number of hydrogen-bond acceptors (Lipinski definition) is 9. The molecule has 11 heteroatoms. The van der Waals surface area contributed by atoms with Crippen LogP contribution in [0.15, 0.2) is 57.2 Å². The van der Waals surface area contributed by atoms with Gasteiger partial charge in [-0.1, -0.05) is 25.0 Å². The Morgan fingerprint density at radius 2 is 1.88 bits per heavy atom. The summed E-state index contributed by atoms with van der Waals surface area (Å²) in [5.74, 6) is 1.07. The van der Waals surface area contributed by atoms with Crippen LogP contribution in [0.2, 0.25) is 0 Å². The molecular weight excluding hydrogens is 550 g/mol. The highest BCUT2D eigenvalue weighted by molar-refractivity contribution is 7.17. The fraction of sp³-hybridized carbons (Fsp3) is 0.355. The summed E-state index contributed by atoms with van der Waals surface area (Å²) in [5.41, 5.74) is 4.76. The molecule has 0 atom stereocenters. The van der Waals surface area contributed by atoms with Gasteiger partial charge in [0.05, 0.1) is 0 Å². The van der Waals surface area contributed by atoms with Gasteiger partial charge in [0, 0.05) is 80.6 Å². The summed E-state index contributed by atoms with van der Waals surface area (Å²) in [7, 11) is 3.55. The fourth-order valence-corrected chi connectivity index (χ4v) is 6.94. The lowest BCUT2D eigenvalue weighted by Crippen LogP contribution is -2.43. The van der Waals surface area contributed by atoms with Gasteiger partial charge in [0.15, 0.2) is 11.5 Å². The maximum atomic E-state index is 13.0. The molecule has 7 rings (SSSR count). The van der Waals surface area contributed by atoms with Crippen LogP contribution >= 0.6 is 11.3 Å². The SMILES string of the molecule is CN(C)C(=O)c1cc2cnc(Nc3ccc(-c4csc5c(=O)cc(N6CCNCC6)oc45)cc3)nc2n1C1CCCC1. The predicted molar refractivity (Wildman–Crippen MR) is 167 cm³/mol. The molecule has 10 nitrogen and oxygen atoms in total. The Morgan fingerprint density at radius 1 is 1.12 bits per heavy atom.